The molecule has 0 fully saturated rings. The zero-order valence-electron chi connectivity index (χ0n) is 13.5. The van der Waals surface area contributed by atoms with E-state index >= 15 is 0 Å². The maximum Gasteiger partial charge on any atom is 0.253 e. The summed E-state index contributed by atoms with van der Waals surface area (Å²) < 4.78 is 24.2. The first-order valence-corrected chi connectivity index (χ1v) is 8.42. The summed E-state index contributed by atoms with van der Waals surface area (Å²) in [5.74, 6) is -0.370. The predicted octanol–water partition coefficient (Wildman–Crippen LogP) is 5.12. The van der Waals surface area contributed by atoms with Crippen molar-refractivity contribution in [2.45, 2.75) is 13.5 Å². The Kier molecular flexibility index (Phi) is 6.76. The van der Waals surface area contributed by atoms with Crippen LogP contribution in [0.15, 0.2) is 24.3 Å². The number of ether oxygens (including phenoxy) is 2. The molecule has 0 saturated heterocycles. The van der Waals surface area contributed by atoms with E-state index in [1.54, 1.807) is 12.1 Å². The Bertz CT molecular complexity index is 799. The van der Waals surface area contributed by atoms with Crippen LogP contribution >= 0.6 is 34.8 Å². The molecule has 0 spiro atoms. The number of carbonyl (C=O) groups excluding carboxylic acids is 1. The molecule has 0 aliphatic carbocycles. The van der Waals surface area contributed by atoms with Gasteiger partial charge in [-0.1, -0.05) is 34.8 Å². The van der Waals surface area contributed by atoms with E-state index in [4.69, 9.17) is 44.3 Å². The molecule has 0 unspecified atom stereocenters. The van der Waals surface area contributed by atoms with Crippen molar-refractivity contribution < 1.29 is 18.7 Å². The average Bonchev–Trinajstić information content (AvgIpc) is 2.58. The molecule has 25 heavy (non-hydrogen) atoms. The SMILES string of the molecule is CCOc1c(Cl)cc(CNC(=O)c2cc(F)c(Cl)cc2Cl)cc1OC. The highest BCUT2D eigenvalue weighted by Crippen LogP contribution is 2.36. The lowest BCUT2D eigenvalue weighted by Gasteiger charge is -2.14. The molecule has 0 aliphatic rings. The summed E-state index contributed by atoms with van der Waals surface area (Å²) in [6, 6.07) is 5.52. The first-order chi connectivity index (χ1) is 11.9. The second kappa shape index (κ2) is 8.61. The summed E-state index contributed by atoms with van der Waals surface area (Å²) in [6.45, 7) is 2.41. The smallest absolute Gasteiger partial charge is 0.253 e. The fraction of sp³-hybridized carbons (Fsp3) is 0.235. The number of nitrogens with one attached hydrogen (secondary N) is 1. The Morgan fingerprint density at radius 3 is 2.48 bits per heavy atom. The molecule has 0 radical (unpaired) electrons. The third-order valence-electron chi connectivity index (χ3n) is 3.29. The largest absolute Gasteiger partial charge is 0.493 e. The van der Waals surface area contributed by atoms with Gasteiger partial charge < -0.3 is 14.8 Å². The Morgan fingerprint density at radius 1 is 1.12 bits per heavy atom. The number of hydrogen-bond donors (Lipinski definition) is 1. The van der Waals surface area contributed by atoms with Gasteiger partial charge in [0.25, 0.3) is 5.91 Å². The Morgan fingerprint density at radius 2 is 1.84 bits per heavy atom. The number of halogens is 4. The van der Waals surface area contributed by atoms with Crippen LogP contribution in [0.2, 0.25) is 15.1 Å². The van der Waals surface area contributed by atoms with Crippen molar-refractivity contribution >= 4 is 40.7 Å². The van der Waals surface area contributed by atoms with Crippen molar-refractivity contribution in [1.29, 1.82) is 0 Å². The Hall–Kier alpha value is -1.69. The number of hydrogen-bond acceptors (Lipinski definition) is 3. The second-order valence-corrected chi connectivity index (χ2v) is 6.19. The summed E-state index contributed by atoms with van der Waals surface area (Å²) >= 11 is 17.7. The van der Waals surface area contributed by atoms with Gasteiger partial charge in [-0.2, -0.15) is 0 Å². The molecule has 8 heteroatoms. The Labute approximate surface area is 159 Å². The molecule has 2 aromatic rings. The number of rotatable bonds is 6. The van der Waals surface area contributed by atoms with E-state index in [0.29, 0.717) is 28.7 Å². The minimum absolute atomic E-state index is 0.00688. The molecular formula is C17H15Cl3FNO3. The van der Waals surface area contributed by atoms with Crippen molar-refractivity contribution in [3.8, 4) is 11.5 Å². The monoisotopic (exact) mass is 405 g/mol. The zero-order chi connectivity index (χ0) is 18.6. The normalized spacial score (nSPS) is 10.5. The average molecular weight is 407 g/mol. The third-order valence-corrected chi connectivity index (χ3v) is 4.17. The number of carbonyl (C=O) groups is 1. The highest BCUT2D eigenvalue weighted by molar-refractivity contribution is 6.36. The van der Waals surface area contributed by atoms with Crippen LogP contribution in [0.25, 0.3) is 0 Å². The van der Waals surface area contributed by atoms with Crippen molar-refractivity contribution in [2.75, 3.05) is 13.7 Å². The number of benzene rings is 2. The van der Waals surface area contributed by atoms with Crippen LogP contribution in [0.5, 0.6) is 11.5 Å². The minimum atomic E-state index is -0.720. The third kappa shape index (κ3) is 4.69. The standard InChI is InChI=1S/C17H15Cl3FNO3/c1-3-25-16-13(20)4-9(5-15(16)24-2)8-22-17(23)10-6-14(21)12(19)7-11(10)18/h4-7H,3,8H2,1-2H3,(H,22,23). The highest BCUT2D eigenvalue weighted by Gasteiger charge is 2.16. The first kappa shape index (κ1) is 19.6. The lowest BCUT2D eigenvalue weighted by molar-refractivity contribution is 0.0950. The molecule has 0 heterocycles. The molecular weight excluding hydrogens is 392 g/mol. The molecule has 0 saturated carbocycles. The maximum atomic E-state index is 13.5. The van der Waals surface area contributed by atoms with Gasteiger partial charge in [-0.25, -0.2) is 4.39 Å². The quantitative estimate of drug-likeness (QED) is 0.677. The predicted molar refractivity (Wildman–Crippen MR) is 96.8 cm³/mol. The topological polar surface area (TPSA) is 47.6 Å². The number of methoxy groups -OCH3 is 1. The van der Waals surface area contributed by atoms with Gasteiger partial charge in [0.05, 0.1) is 34.3 Å². The van der Waals surface area contributed by atoms with Gasteiger partial charge in [0.15, 0.2) is 11.5 Å². The van der Waals surface area contributed by atoms with E-state index in [-0.39, 0.29) is 22.2 Å². The van der Waals surface area contributed by atoms with Gasteiger partial charge in [-0.05, 0) is 36.8 Å². The van der Waals surface area contributed by atoms with Gasteiger partial charge >= 0.3 is 0 Å². The fourth-order valence-electron chi connectivity index (χ4n) is 2.13. The lowest BCUT2D eigenvalue weighted by Crippen LogP contribution is -2.23. The molecule has 0 atom stereocenters. The van der Waals surface area contributed by atoms with Crippen molar-refractivity contribution in [2.24, 2.45) is 0 Å². The van der Waals surface area contributed by atoms with Crippen LogP contribution in [0.3, 0.4) is 0 Å². The zero-order valence-corrected chi connectivity index (χ0v) is 15.7. The van der Waals surface area contributed by atoms with Crippen LogP contribution in [-0.2, 0) is 6.54 Å². The van der Waals surface area contributed by atoms with E-state index in [0.717, 1.165) is 6.07 Å². The van der Waals surface area contributed by atoms with E-state index in [1.165, 1.54) is 13.2 Å². The minimum Gasteiger partial charge on any atom is -0.493 e. The van der Waals surface area contributed by atoms with Crippen LogP contribution in [0.4, 0.5) is 4.39 Å². The molecule has 2 rings (SSSR count). The lowest BCUT2D eigenvalue weighted by atomic mass is 10.1. The summed E-state index contributed by atoms with van der Waals surface area (Å²) in [5.41, 5.74) is 0.678. The van der Waals surface area contributed by atoms with Crippen LogP contribution in [-0.4, -0.2) is 19.6 Å². The van der Waals surface area contributed by atoms with Crippen LogP contribution in [0.1, 0.15) is 22.8 Å². The van der Waals surface area contributed by atoms with E-state index in [1.807, 2.05) is 6.92 Å². The second-order valence-electron chi connectivity index (χ2n) is 4.97. The van der Waals surface area contributed by atoms with Gasteiger partial charge in [0, 0.05) is 6.54 Å². The molecule has 134 valence electrons. The fourth-order valence-corrected chi connectivity index (χ4v) is 2.89. The van der Waals surface area contributed by atoms with Crippen molar-refractivity contribution in [3.63, 3.8) is 0 Å². The number of amides is 1. The summed E-state index contributed by atoms with van der Waals surface area (Å²) in [7, 11) is 1.49. The summed E-state index contributed by atoms with van der Waals surface area (Å²) in [4.78, 5) is 12.2. The van der Waals surface area contributed by atoms with Crippen molar-refractivity contribution in [3.05, 3.63) is 56.3 Å². The highest BCUT2D eigenvalue weighted by atomic mass is 35.5. The van der Waals surface area contributed by atoms with E-state index in [9.17, 15) is 9.18 Å². The van der Waals surface area contributed by atoms with Crippen molar-refractivity contribution in [1.82, 2.24) is 5.32 Å². The van der Waals surface area contributed by atoms with E-state index < -0.39 is 11.7 Å². The van der Waals surface area contributed by atoms with Gasteiger partial charge in [-0.15, -0.1) is 0 Å². The maximum absolute atomic E-state index is 13.5. The molecule has 0 aromatic heterocycles. The van der Waals surface area contributed by atoms with Gasteiger partial charge in [-0.3, -0.25) is 4.79 Å². The van der Waals surface area contributed by atoms with E-state index in [2.05, 4.69) is 5.32 Å². The van der Waals surface area contributed by atoms with Gasteiger partial charge in [0.2, 0.25) is 0 Å². The summed E-state index contributed by atoms with van der Waals surface area (Å²) in [6.07, 6.45) is 0. The molecule has 1 amide bonds. The molecule has 0 bridgehead atoms. The van der Waals surface area contributed by atoms with Gasteiger partial charge in [0.1, 0.15) is 5.82 Å². The summed E-state index contributed by atoms with van der Waals surface area (Å²) in [5, 5.41) is 2.92. The molecule has 1 N–H and O–H groups in total. The molecule has 2 aromatic carbocycles. The molecule has 0 aliphatic heterocycles. The molecule has 4 nitrogen and oxygen atoms in total. The first-order valence-electron chi connectivity index (χ1n) is 7.29. The van der Waals surface area contributed by atoms with Crippen LogP contribution < -0.4 is 14.8 Å². The van der Waals surface area contributed by atoms with Crippen LogP contribution in [0, 0.1) is 5.82 Å². The Balaban J connectivity index is 2.17.